The minimum atomic E-state index is -1.01. The highest BCUT2D eigenvalue weighted by Gasteiger charge is 2.51. The largest absolute Gasteiger partial charge is 0.456 e. The van der Waals surface area contributed by atoms with Crippen molar-refractivity contribution >= 4 is 23.4 Å². The standard InChI is InChI=1S/C24H22ClFN4O3/c1-14-3-6-19(25)21(9-14)33-17-4-5-18(20(26)10-17)15(2)29-23(32)24(7-8-24)30-22(31)16-11-27-13-28-12-16/h3-6,9-13,15H,7-8H2,1-2H3,(H,29,32)(H,30,31). The van der Waals surface area contributed by atoms with Crippen molar-refractivity contribution in [2.45, 2.75) is 38.3 Å². The third-order valence-electron chi connectivity index (χ3n) is 5.46. The fraction of sp³-hybridized carbons (Fsp3) is 0.250. The maximum absolute atomic E-state index is 14.8. The van der Waals surface area contributed by atoms with Gasteiger partial charge in [-0.3, -0.25) is 9.59 Å². The molecular weight excluding hydrogens is 447 g/mol. The maximum atomic E-state index is 14.8. The topological polar surface area (TPSA) is 93.2 Å². The molecule has 1 aromatic heterocycles. The number of halogens is 2. The minimum Gasteiger partial charge on any atom is -0.456 e. The molecule has 33 heavy (non-hydrogen) atoms. The van der Waals surface area contributed by atoms with Crippen LogP contribution in [0.15, 0.2) is 55.1 Å². The second-order valence-electron chi connectivity index (χ2n) is 8.08. The first-order valence-electron chi connectivity index (χ1n) is 10.4. The van der Waals surface area contributed by atoms with Crippen LogP contribution >= 0.6 is 11.6 Å². The van der Waals surface area contributed by atoms with Crippen LogP contribution in [0.25, 0.3) is 0 Å². The third kappa shape index (κ3) is 5.12. The summed E-state index contributed by atoms with van der Waals surface area (Å²) in [6.45, 7) is 3.58. The first-order valence-corrected chi connectivity index (χ1v) is 10.8. The predicted molar refractivity (Wildman–Crippen MR) is 121 cm³/mol. The lowest BCUT2D eigenvalue weighted by molar-refractivity contribution is -0.124. The summed E-state index contributed by atoms with van der Waals surface area (Å²) < 4.78 is 20.5. The van der Waals surface area contributed by atoms with E-state index in [0.717, 1.165) is 5.56 Å². The monoisotopic (exact) mass is 468 g/mol. The number of aryl methyl sites for hydroxylation is 1. The first kappa shape index (κ1) is 22.7. The molecule has 4 rings (SSSR count). The number of carbonyl (C=O) groups is 2. The summed E-state index contributed by atoms with van der Waals surface area (Å²) in [5.41, 5.74) is 0.510. The van der Waals surface area contributed by atoms with Gasteiger partial charge in [-0.1, -0.05) is 23.7 Å². The third-order valence-corrected chi connectivity index (χ3v) is 5.77. The summed E-state index contributed by atoms with van der Waals surface area (Å²) in [5.74, 6) is -0.608. The number of rotatable bonds is 7. The van der Waals surface area contributed by atoms with Crippen LogP contribution in [0, 0.1) is 12.7 Å². The predicted octanol–water partition coefficient (Wildman–Crippen LogP) is 4.51. The van der Waals surface area contributed by atoms with Gasteiger partial charge in [0, 0.05) is 24.0 Å². The van der Waals surface area contributed by atoms with Gasteiger partial charge in [0.2, 0.25) is 5.91 Å². The van der Waals surface area contributed by atoms with E-state index in [0.29, 0.717) is 34.9 Å². The molecule has 0 aliphatic heterocycles. The molecule has 3 aromatic rings. The smallest absolute Gasteiger partial charge is 0.255 e. The number of aromatic nitrogens is 2. The molecule has 1 aliphatic carbocycles. The SMILES string of the molecule is Cc1ccc(Cl)c(Oc2ccc(C(C)NC(=O)C3(NC(=O)c4cncnc4)CC3)c(F)c2)c1. The lowest BCUT2D eigenvalue weighted by Gasteiger charge is -2.21. The van der Waals surface area contributed by atoms with Gasteiger partial charge in [-0.05, 0) is 50.5 Å². The van der Waals surface area contributed by atoms with Crippen LogP contribution in [0.1, 0.15) is 47.3 Å². The molecule has 0 saturated heterocycles. The van der Waals surface area contributed by atoms with Gasteiger partial charge in [0.15, 0.2) is 0 Å². The highest BCUT2D eigenvalue weighted by Crippen LogP contribution is 2.37. The molecule has 1 heterocycles. The number of carbonyl (C=O) groups excluding carboxylic acids is 2. The Balaban J connectivity index is 1.42. The minimum absolute atomic E-state index is 0.264. The normalized spacial score (nSPS) is 14.8. The second kappa shape index (κ2) is 9.15. The van der Waals surface area contributed by atoms with Gasteiger partial charge in [0.25, 0.3) is 5.91 Å². The van der Waals surface area contributed by atoms with E-state index in [1.807, 2.05) is 13.0 Å². The molecule has 1 saturated carbocycles. The van der Waals surface area contributed by atoms with Crippen molar-refractivity contribution in [3.05, 3.63) is 82.6 Å². The van der Waals surface area contributed by atoms with Crippen molar-refractivity contribution in [1.29, 1.82) is 0 Å². The van der Waals surface area contributed by atoms with Gasteiger partial charge >= 0.3 is 0 Å². The van der Waals surface area contributed by atoms with Gasteiger partial charge in [-0.25, -0.2) is 14.4 Å². The number of nitrogens with zero attached hydrogens (tertiary/aromatic N) is 2. The van der Waals surface area contributed by atoms with E-state index in [9.17, 15) is 14.0 Å². The molecule has 0 bridgehead atoms. The van der Waals surface area contributed by atoms with Gasteiger partial charge in [-0.2, -0.15) is 0 Å². The van der Waals surface area contributed by atoms with Gasteiger partial charge in [0.1, 0.15) is 29.2 Å². The zero-order chi connectivity index (χ0) is 23.6. The van der Waals surface area contributed by atoms with Gasteiger partial charge in [0.05, 0.1) is 16.6 Å². The number of benzene rings is 2. The Bertz CT molecular complexity index is 1200. The van der Waals surface area contributed by atoms with E-state index >= 15 is 0 Å². The van der Waals surface area contributed by atoms with Crippen molar-refractivity contribution in [2.75, 3.05) is 0 Å². The van der Waals surface area contributed by atoms with E-state index in [-0.39, 0.29) is 11.5 Å². The van der Waals surface area contributed by atoms with E-state index in [1.165, 1.54) is 24.8 Å². The summed E-state index contributed by atoms with van der Waals surface area (Å²) in [4.78, 5) is 32.9. The fourth-order valence-electron chi connectivity index (χ4n) is 3.39. The van der Waals surface area contributed by atoms with Crippen LogP contribution in [0.4, 0.5) is 4.39 Å². The first-order chi connectivity index (χ1) is 15.8. The van der Waals surface area contributed by atoms with Gasteiger partial charge in [-0.15, -0.1) is 0 Å². The van der Waals surface area contributed by atoms with Crippen molar-refractivity contribution in [3.63, 3.8) is 0 Å². The van der Waals surface area contributed by atoms with E-state index in [1.54, 1.807) is 31.2 Å². The molecule has 1 fully saturated rings. The van der Waals surface area contributed by atoms with Crippen LogP contribution in [0.5, 0.6) is 11.5 Å². The molecule has 170 valence electrons. The van der Waals surface area contributed by atoms with Crippen LogP contribution < -0.4 is 15.4 Å². The van der Waals surface area contributed by atoms with Crippen molar-refractivity contribution in [3.8, 4) is 11.5 Å². The molecule has 0 spiro atoms. The molecule has 2 aromatic carbocycles. The Morgan fingerprint density at radius 3 is 2.55 bits per heavy atom. The summed E-state index contributed by atoms with van der Waals surface area (Å²) >= 11 is 6.15. The summed E-state index contributed by atoms with van der Waals surface area (Å²) in [7, 11) is 0. The Morgan fingerprint density at radius 1 is 1.15 bits per heavy atom. The zero-order valence-electron chi connectivity index (χ0n) is 18.1. The number of amides is 2. The van der Waals surface area contributed by atoms with Crippen molar-refractivity contribution < 1.29 is 18.7 Å². The van der Waals surface area contributed by atoms with E-state index < -0.39 is 23.3 Å². The average Bonchev–Trinajstić information content (AvgIpc) is 3.57. The number of hydrogen-bond acceptors (Lipinski definition) is 5. The van der Waals surface area contributed by atoms with Crippen molar-refractivity contribution in [2.24, 2.45) is 0 Å². The quantitative estimate of drug-likeness (QED) is 0.532. The van der Waals surface area contributed by atoms with Crippen LogP contribution in [-0.4, -0.2) is 27.3 Å². The Morgan fingerprint density at radius 2 is 1.88 bits per heavy atom. The van der Waals surface area contributed by atoms with E-state index in [2.05, 4.69) is 20.6 Å². The summed E-state index contributed by atoms with van der Waals surface area (Å²) in [5, 5.41) is 5.96. The molecule has 1 atom stereocenters. The Hall–Kier alpha value is -3.52. The Labute approximate surface area is 195 Å². The molecule has 9 heteroatoms. The molecule has 7 nitrogen and oxygen atoms in total. The average molecular weight is 469 g/mol. The van der Waals surface area contributed by atoms with Crippen molar-refractivity contribution in [1.82, 2.24) is 20.6 Å². The highest BCUT2D eigenvalue weighted by molar-refractivity contribution is 6.32. The molecular formula is C24H22ClFN4O3. The molecule has 1 aliphatic rings. The number of nitrogens with one attached hydrogen (secondary N) is 2. The molecule has 0 radical (unpaired) electrons. The lowest BCUT2D eigenvalue weighted by Crippen LogP contribution is -2.49. The maximum Gasteiger partial charge on any atom is 0.255 e. The Kier molecular flexibility index (Phi) is 6.29. The summed E-state index contributed by atoms with van der Waals surface area (Å²) in [6.07, 6.45) is 5.07. The highest BCUT2D eigenvalue weighted by atomic mass is 35.5. The number of ether oxygens (including phenoxy) is 1. The van der Waals surface area contributed by atoms with Gasteiger partial charge < -0.3 is 15.4 Å². The fourth-order valence-corrected chi connectivity index (χ4v) is 3.55. The van der Waals surface area contributed by atoms with Crippen LogP contribution in [0.3, 0.4) is 0 Å². The van der Waals surface area contributed by atoms with Crippen LogP contribution in [-0.2, 0) is 4.79 Å². The molecule has 2 N–H and O–H groups in total. The second-order valence-corrected chi connectivity index (χ2v) is 8.48. The van der Waals surface area contributed by atoms with E-state index in [4.69, 9.17) is 16.3 Å². The molecule has 2 amide bonds. The molecule has 1 unspecified atom stereocenters. The lowest BCUT2D eigenvalue weighted by atomic mass is 10.1. The van der Waals surface area contributed by atoms with Crippen LogP contribution in [0.2, 0.25) is 5.02 Å². The number of hydrogen-bond donors (Lipinski definition) is 2. The summed E-state index contributed by atoms with van der Waals surface area (Å²) in [6, 6.07) is 9.13. The zero-order valence-corrected chi connectivity index (χ0v) is 18.8.